The maximum absolute atomic E-state index is 13.6. The molecule has 0 heterocycles. The molecule has 5 nitrogen and oxygen atoms in total. The van der Waals surface area contributed by atoms with Gasteiger partial charge in [0.25, 0.3) is 0 Å². The minimum Gasteiger partial charge on any atom is -0.353 e. The summed E-state index contributed by atoms with van der Waals surface area (Å²) in [6.45, 7) is 9.47. The van der Waals surface area contributed by atoms with Crippen molar-refractivity contribution in [3.8, 4) is 0 Å². The molecule has 1 unspecified atom stereocenters. The van der Waals surface area contributed by atoms with E-state index in [1.165, 1.54) is 4.31 Å². The molecular weight excluding hydrogens is 360 g/mol. The monoisotopic (exact) mass is 394 g/mol. The molecule has 1 aromatic carbocycles. The van der Waals surface area contributed by atoms with Crippen molar-refractivity contribution in [2.45, 2.75) is 90.1 Å². The third-order valence-electron chi connectivity index (χ3n) is 5.47. The second-order valence-corrected chi connectivity index (χ2v) is 9.77. The molecule has 2 rings (SSSR count). The maximum Gasteiger partial charge on any atom is 0.244 e. The maximum atomic E-state index is 13.6. The Labute approximate surface area is 164 Å². The van der Waals surface area contributed by atoms with E-state index in [0.29, 0.717) is 4.90 Å². The Morgan fingerprint density at radius 3 is 2.22 bits per heavy atom. The normalized spacial score (nSPS) is 17.1. The van der Waals surface area contributed by atoms with Crippen LogP contribution in [0.15, 0.2) is 17.0 Å². The van der Waals surface area contributed by atoms with Gasteiger partial charge in [-0.3, -0.25) is 4.79 Å². The average molecular weight is 395 g/mol. The summed E-state index contributed by atoms with van der Waals surface area (Å²) in [5.74, 6) is -0.221. The van der Waals surface area contributed by atoms with Crippen molar-refractivity contribution in [1.29, 1.82) is 0 Å². The molecule has 1 amide bonds. The van der Waals surface area contributed by atoms with Gasteiger partial charge in [-0.15, -0.1) is 0 Å². The SMILES string of the molecule is CCC(C)NC(=O)CN(C1CCCCC1)S(=O)(=O)c1c(C)cc(C)cc1C. The molecule has 1 aromatic rings. The van der Waals surface area contributed by atoms with Gasteiger partial charge in [0.15, 0.2) is 0 Å². The number of sulfonamides is 1. The molecule has 1 fully saturated rings. The molecule has 0 spiro atoms. The predicted molar refractivity (Wildman–Crippen MR) is 109 cm³/mol. The summed E-state index contributed by atoms with van der Waals surface area (Å²) < 4.78 is 28.7. The van der Waals surface area contributed by atoms with Crippen LogP contribution in [0, 0.1) is 20.8 Å². The Balaban J connectivity index is 2.41. The topological polar surface area (TPSA) is 66.5 Å². The van der Waals surface area contributed by atoms with Gasteiger partial charge in [0.2, 0.25) is 15.9 Å². The van der Waals surface area contributed by atoms with E-state index >= 15 is 0 Å². The molecule has 1 aliphatic rings. The zero-order valence-electron chi connectivity index (χ0n) is 17.3. The first-order valence-electron chi connectivity index (χ1n) is 10.1. The summed E-state index contributed by atoms with van der Waals surface area (Å²) in [6, 6.07) is 3.74. The number of nitrogens with zero attached hydrogens (tertiary/aromatic N) is 1. The first-order valence-corrected chi connectivity index (χ1v) is 11.5. The zero-order chi connectivity index (χ0) is 20.2. The molecular formula is C21H34N2O3S. The molecule has 6 heteroatoms. The number of carbonyl (C=O) groups excluding carboxylic acids is 1. The lowest BCUT2D eigenvalue weighted by atomic mass is 9.95. The van der Waals surface area contributed by atoms with E-state index in [-0.39, 0.29) is 24.5 Å². The van der Waals surface area contributed by atoms with Gasteiger partial charge in [0.05, 0.1) is 11.4 Å². The fraction of sp³-hybridized carbons (Fsp3) is 0.667. The molecule has 1 saturated carbocycles. The number of carbonyl (C=O) groups is 1. The van der Waals surface area contributed by atoms with Gasteiger partial charge in [-0.2, -0.15) is 4.31 Å². The van der Waals surface area contributed by atoms with E-state index in [0.717, 1.165) is 55.2 Å². The fourth-order valence-electron chi connectivity index (χ4n) is 4.03. The van der Waals surface area contributed by atoms with Gasteiger partial charge in [0, 0.05) is 12.1 Å². The predicted octanol–water partition coefficient (Wildman–Crippen LogP) is 3.85. The number of amides is 1. The van der Waals surface area contributed by atoms with E-state index in [1.54, 1.807) is 0 Å². The third-order valence-corrected chi connectivity index (χ3v) is 7.68. The summed E-state index contributed by atoms with van der Waals surface area (Å²) in [4.78, 5) is 12.9. The van der Waals surface area contributed by atoms with Crippen LogP contribution in [-0.2, 0) is 14.8 Å². The Bertz CT molecular complexity index is 745. The highest BCUT2D eigenvalue weighted by Crippen LogP contribution is 2.31. The van der Waals surface area contributed by atoms with Crippen molar-refractivity contribution < 1.29 is 13.2 Å². The summed E-state index contributed by atoms with van der Waals surface area (Å²) in [7, 11) is -3.74. The second-order valence-electron chi connectivity index (χ2n) is 7.95. The van der Waals surface area contributed by atoms with Crippen molar-refractivity contribution >= 4 is 15.9 Å². The van der Waals surface area contributed by atoms with Crippen molar-refractivity contribution in [3.63, 3.8) is 0 Å². The molecule has 0 aliphatic heterocycles. The Morgan fingerprint density at radius 2 is 1.70 bits per heavy atom. The lowest BCUT2D eigenvalue weighted by Gasteiger charge is -2.34. The second kappa shape index (κ2) is 9.20. The van der Waals surface area contributed by atoms with Crippen LogP contribution in [0.3, 0.4) is 0 Å². The lowest BCUT2D eigenvalue weighted by Crippen LogP contribution is -2.48. The van der Waals surface area contributed by atoms with Crippen LogP contribution < -0.4 is 5.32 Å². The first kappa shape index (κ1) is 21.9. The molecule has 0 saturated heterocycles. The van der Waals surface area contributed by atoms with Gasteiger partial charge < -0.3 is 5.32 Å². The number of hydrogen-bond donors (Lipinski definition) is 1. The Hall–Kier alpha value is -1.40. The highest BCUT2D eigenvalue weighted by molar-refractivity contribution is 7.89. The van der Waals surface area contributed by atoms with Crippen LogP contribution in [0.2, 0.25) is 0 Å². The number of rotatable bonds is 7. The number of benzene rings is 1. The van der Waals surface area contributed by atoms with Crippen LogP contribution in [0.25, 0.3) is 0 Å². The van der Waals surface area contributed by atoms with Crippen molar-refractivity contribution in [2.24, 2.45) is 0 Å². The van der Waals surface area contributed by atoms with Crippen LogP contribution in [-0.4, -0.2) is 37.3 Å². The minimum absolute atomic E-state index is 0.0382. The summed E-state index contributed by atoms with van der Waals surface area (Å²) in [5, 5.41) is 2.92. The molecule has 0 bridgehead atoms. The van der Waals surface area contributed by atoms with E-state index in [1.807, 2.05) is 46.8 Å². The number of nitrogens with one attached hydrogen (secondary N) is 1. The van der Waals surface area contributed by atoms with Crippen molar-refractivity contribution in [1.82, 2.24) is 9.62 Å². The summed E-state index contributed by atoms with van der Waals surface area (Å²) in [6.07, 6.45) is 5.61. The number of aryl methyl sites for hydroxylation is 3. The van der Waals surface area contributed by atoms with Gasteiger partial charge >= 0.3 is 0 Å². The molecule has 152 valence electrons. The van der Waals surface area contributed by atoms with Crippen molar-refractivity contribution in [2.75, 3.05) is 6.54 Å². The Morgan fingerprint density at radius 1 is 1.15 bits per heavy atom. The zero-order valence-corrected chi connectivity index (χ0v) is 18.2. The van der Waals surface area contributed by atoms with Crippen LogP contribution in [0.1, 0.15) is 69.1 Å². The molecule has 1 atom stereocenters. The van der Waals surface area contributed by atoms with E-state index in [4.69, 9.17) is 0 Å². The van der Waals surface area contributed by atoms with Crippen molar-refractivity contribution in [3.05, 3.63) is 28.8 Å². The van der Waals surface area contributed by atoms with Gasteiger partial charge in [-0.05, 0) is 58.1 Å². The lowest BCUT2D eigenvalue weighted by molar-refractivity contribution is -0.122. The molecule has 0 aromatic heterocycles. The summed E-state index contributed by atoms with van der Waals surface area (Å²) in [5.41, 5.74) is 2.54. The summed E-state index contributed by atoms with van der Waals surface area (Å²) >= 11 is 0. The van der Waals surface area contributed by atoms with Crippen LogP contribution >= 0.6 is 0 Å². The average Bonchev–Trinajstić information content (AvgIpc) is 2.59. The molecule has 1 aliphatic carbocycles. The largest absolute Gasteiger partial charge is 0.353 e. The molecule has 27 heavy (non-hydrogen) atoms. The third kappa shape index (κ3) is 5.32. The highest BCUT2D eigenvalue weighted by atomic mass is 32.2. The van der Waals surface area contributed by atoms with Crippen LogP contribution in [0.4, 0.5) is 0 Å². The first-order chi connectivity index (χ1) is 12.7. The van der Waals surface area contributed by atoms with Crippen LogP contribution in [0.5, 0.6) is 0 Å². The molecule has 1 N–H and O–H groups in total. The smallest absolute Gasteiger partial charge is 0.244 e. The minimum atomic E-state index is -3.74. The van der Waals surface area contributed by atoms with Gasteiger partial charge in [0.1, 0.15) is 0 Å². The molecule has 0 radical (unpaired) electrons. The highest BCUT2D eigenvalue weighted by Gasteiger charge is 2.35. The standard InChI is InChI=1S/C21H34N2O3S/c1-6-18(5)22-20(24)14-23(19-10-8-7-9-11-19)27(25,26)21-16(3)12-15(2)13-17(21)4/h12-13,18-19H,6-11,14H2,1-5H3,(H,22,24). The fourth-order valence-corrected chi connectivity index (χ4v) is 6.09. The van der Waals surface area contributed by atoms with E-state index in [2.05, 4.69) is 5.32 Å². The van der Waals surface area contributed by atoms with E-state index < -0.39 is 10.0 Å². The van der Waals surface area contributed by atoms with Gasteiger partial charge in [-0.25, -0.2) is 8.42 Å². The Kier molecular flexibility index (Phi) is 7.46. The van der Waals surface area contributed by atoms with Gasteiger partial charge in [-0.1, -0.05) is 43.9 Å². The quantitative estimate of drug-likeness (QED) is 0.764. The van der Waals surface area contributed by atoms with E-state index in [9.17, 15) is 13.2 Å². The number of hydrogen-bond acceptors (Lipinski definition) is 3.